The van der Waals surface area contributed by atoms with Gasteiger partial charge >= 0.3 is 0 Å². The van der Waals surface area contributed by atoms with Crippen molar-refractivity contribution in [1.82, 2.24) is 0 Å². The minimum atomic E-state index is 0.667. The predicted molar refractivity (Wildman–Crippen MR) is 45.5 cm³/mol. The van der Waals surface area contributed by atoms with Crippen LogP contribution in [0.4, 0.5) is 0 Å². The van der Waals surface area contributed by atoms with Crippen LogP contribution in [0.15, 0.2) is 0 Å². The Morgan fingerprint density at radius 2 is 2.00 bits per heavy atom. The predicted octanol–water partition coefficient (Wildman–Crippen LogP) is 2.60. The van der Waals surface area contributed by atoms with E-state index in [1.54, 1.807) is 0 Å². The van der Waals surface area contributed by atoms with E-state index in [1.165, 1.54) is 32.1 Å². The minimum Gasteiger partial charge on any atom is -0.373 e. The van der Waals surface area contributed by atoms with Crippen molar-refractivity contribution in [2.75, 3.05) is 6.61 Å². The second-order valence-corrected chi connectivity index (χ2v) is 3.99. The number of rotatable bonds is 2. The van der Waals surface area contributed by atoms with Gasteiger partial charge in [0.15, 0.2) is 0 Å². The van der Waals surface area contributed by atoms with Crippen LogP contribution in [-0.2, 0) is 4.74 Å². The molecule has 1 nitrogen and oxygen atoms in total. The van der Waals surface area contributed by atoms with Gasteiger partial charge < -0.3 is 4.74 Å². The van der Waals surface area contributed by atoms with E-state index in [1.807, 2.05) is 0 Å². The number of hydrogen-bond donors (Lipinski definition) is 0. The lowest BCUT2D eigenvalue weighted by Gasteiger charge is -2.29. The Labute approximate surface area is 69.1 Å². The molecule has 1 heterocycles. The van der Waals surface area contributed by atoms with Gasteiger partial charge in [-0.25, -0.2) is 0 Å². The average molecular weight is 154 g/mol. The molecule has 64 valence electrons. The van der Waals surface area contributed by atoms with Gasteiger partial charge in [-0.15, -0.1) is 0 Å². The molecule has 1 saturated heterocycles. The van der Waals surface area contributed by atoms with Crippen molar-refractivity contribution >= 4 is 0 Å². The Hall–Kier alpha value is -0.0400. The highest BCUT2D eigenvalue weighted by Gasteiger charge is 2.38. The first-order valence-electron chi connectivity index (χ1n) is 5.03. The van der Waals surface area contributed by atoms with Gasteiger partial charge in [-0.05, 0) is 18.3 Å². The van der Waals surface area contributed by atoms with Crippen LogP contribution in [-0.4, -0.2) is 12.7 Å². The summed E-state index contributed by atoms with van der Waals surface area (Å²) in [4.78, 5) is 0. The monoisotopic (exact) mass is 154 g/mol. The van der Waals surface area contributed by atoms with E-state index in [9.17, 15) is 0 Å². The quantitative estimate of drug-likeness (QED) is 0.557. The lowest BCUT2D eigenvalue weighted by Crippen LogP contribution is -2.23. The molecular formula is C10H18O. The topological polar surface area (TPSA) is 12.5 Å². The van der Waals surface area contributed by atoms with Gasteiger partial charge in [-0.2, -0.15) is 0 Å². The van der Waals surface area contributed by atoms with E-state index in [2.05, 4.69) is 6.92 Å². The molecule has 11 heavy (non-hydrogen) atoms. The molecule has 2 rings (SSSR count). The highest BCUT2D eigenvalue weighted by atomic mass is 16.6. The maximum absolute atomic E-state index is 5.38. The summed E-state index contributed by atoms with van der Waals surface area (Å²) >= 11 is 0. The molecule has 1 heteroatoms. The standard InChI is InChI=1S/C10H18O/c1-2-8-5-3-4-6-9(8)10-7-11-10/h8-10H,2-7H2,1H3. The summed E-state index contributed by atoms with van der Waals surface area (Å²) in [6.07, 6.45) is 7.83. The summed E-state index contributed by atoms with van der Waals surface area (Å²) < 4.78 is 5.38. The molecule has 0 N–H and O–H groups in total. The normalized spacial score (nSPS) is 43.9. The van der Waals surface area contributed by atoms with Gasteiger partial charge in [-0.3, -0.25) is 0 Å². The Morgan fingerprint density at radius 1 is 1.27 bits per heavy atom. The third kappa shape index (κ3) is 1.58. The zero-order chi connectivity index (χ0) is 7.68. The summed E-state index contributed by atoms with van der Waals surface area (Å²) in [6, 6.07) is 0. The Bertz CT molecular complexity index is 129. The highest BCUT2D eigenvalue weighted by Crippen LogP contribution is 2.39. The van der Waals surface area contributed by atoms with Crippen molar-refractivity contribution < 1.29 is 4.74 Å². The van der Waals surface area contributed by atoms with E-state index >= 15 is 0 Å². The fraction of sp³-hybridized carbons (Fsp3) is 1.00. The average Bonchev–Trinajstić information content (AvgIpc) is 2.87. The molecule has 0 aromatic heterocycles. The summed E-state index contributed by atoms with van der Waals surface area (Å²) in [5, 5.41) is 0. The first-order valence-corrected chi connectivity index (χ1v) is 5.03. The molecule has 1 aliphatic carbocycles. The number of ether oxygens (including phenoxy) is 1. The lowest BCUT2D eigenvalue weighted by atomic mass is 9.76. The molecule has 0 aromatic carbocycles. The SMILES string of the molecule is CCC1CCCCC1C1CO1. The molecule has 0 aromatic rings. The lowest BCUT2D eigenvalue weighted by molar-refractivity contribution is 0.181. The first kappa shape index (κ1) is 7.60. The van der Waals surface area contributed by atoms with E-state index in [4.69, 9.17) is 4.74 Å². The molecule has 0 amide bonds. The van der Waals surface area contributed by atoms with Gasteiger partial charge in [0.05, 0.1) is 12.7 Å². The van der Waals surface area contributed by atoms with Gasteiger partial charge in [0, 0.05) is 0 Å². The van der Waals surface area contributed by atoms with E-state index in [0.717, 1.165) is 18.4 Å². The van der Waals surface area contributed by atoms with Crippen LogP contribution in [0, 0.1) is 11.8 Å². The van der Waals surface area contributed by atoms with Gasteiger partial charge in [0.25, 0.3) is 0 Å². The molecule has 2 fully saturated rings. The van der Waals surface area contributed by atoms with Crippen molar-refractivity contribution in [3.8, 4) is 0 Å². The van der Waals surface area contributed by atoms with Crippen molar-refractivity contribution in [1.29, 1.82) is 0 Å². The van der Waals surface area contributed by atoms with Crippen LogP contribution in [0.2, 0.25) is 0 Å². The summed E-state index contributed by atoms with van der Waals surface area (Å²) in [5.41, 5.74) is 0. The minimum absolute atomic E-state index is 0.667. The van der Waals surface area contributed by atoms with Gasteiger partial charge in [0.2, 0.25) is 0 Å². The van der Waals surface area contributed by atoms with Crippen LogP contribution in [0.1, 0.15) is 39.0 Å². The maximum Gasteiger partial charge on any atom is 0.0840 e. The number of hydrogen-bond acceptors (Lipinski definition) is 1. The van der Waals surface area contributed by atoms with Crippen LogP contribution in [0.5, 0.6) is 0 Å². The maximum atomic E-state index is 5.38. The van der Waals surface area contributed by atoms with Gasteiger partial charge in [0.1, 0.15) is 0 Å². The highest BCUT2D eigenvalue weighted by molar-refractivity contribution is 4.86. The third-order valence-corrected chi connectivity index (χ3v) is 3.33. The van der Waals surface area contributed by atoms with Gasteiger partial charge in [-0.1, -0.05) is 32.6 Å². The first-order chi connectivity index (χ1) is 5.42. The fourth-order valence-electron chi connectivity index (χ4n) is 2.54. The Morgan fingerprint density at radius 3 is 2.64 bits per heavy atom. The van der Waals surface area contributed by atoms with E-state index < -0.39 is 0 Å². The molecule has 3 unspecified atom stereocenters. The Balaban J connectivity index is 1.91. The molecule has 2 aliphatic rings. The second kappa shape index (κ2) is 3.14. The zero-order valence-electron chi connectivity index (χ0n) is 7.38. The van der Waals surface area contributed by atoms with Crippen LogP contribution in [0.3, 0.4) is 0 Å². The second-order valence-electron chi connectivity index (χ2n) is 3.99. The molecule has 0 radical (unpaired) electrons. The smallest absolute Gasteiger partial charge is 0.0840 e. The van der Waals surface area contributed by atoms with Crippen LogP contribution < -0.4 is 0 Å². The molecule has 0 spiro atoms. The van der Waals surface area contributed by atoms with Crippen molar-refractivity contribution in [3.63, 3.8) is 0 Å². The fourth-order valence-corrected chi connectivity index (χ4v) is 2.54. The van der Waals surface area contributed by atoms with Crippen molar-refractivity contribution in [2.45, 2.75) is 45.1 Å². The van der Waals surface area contributed by atoms with Crippen LogP contribution in [0.25, 0.3) is 0 Å². The van der Waals surface area contributed by atoms with E-state index in [0.29, 0.717) is 6.10 Å². The molecule has 1 saturated carbocycles. The van der Waals surface area contributed by atoms with Crippen LogP contribution >= 0.6 is 0 Å². The summed E-state index contributed by atoms with van der Waals surface area (Å²) in [5.74, 6) is 1.91. The van der Waals surface area contributed by atoms with Crippen molar-refractivity contribution in [2.24, 2.45) is 11.8 Å². The zero-order valence-corrected chi connectivity index (χ0v) is 7.38. The third-order valence-electron chi connectivity index (χ3n) is 3.33. The molecule has 1 aliphatic heterocycles. The number of epoxide rings is 1. The summed E-state index contributed by atoms with van der Waals surface area (Å²) in [7, 11) is 0. The molecular weight excluding hydrogens is 136 g/mol. The van der Waals surface area contributed by atoms with Crippen molar-refractivity contribution in [3.05, 3.63) is 0 Å². The summed E-state index contributed by atoms with van der Waals surface area (Å²) in [6.45, 7) is 3.38. The largest absolute Gasteiger partial charge is 0.373 e. The molecule has 3 atom stereocenters. The Kier molecular flexibility index (Phi) is 2.17. The molecule has 0 bridgehead atoms. The van der Waals surface area contributed by atoms with E-state index in [-0.39, 0.29) is 0 Å².